The average Bonchev–Trinajstić information content (AvgIpc) is 2.39. The van der Waals surface area contributed by atoms with Gasteiger partial charge in [0, 0.05) is 6.04 Å². The van der Waals surface area contributed by atoms with E-state index in [2.05, 4.69) is 10.6 Å². The predicted octanol–water partition coefficient (Wildman–Crippen LogP) is 3.08. The number of hydrogen-bond donors (Lipinski definition) is 3. The van der Waals surface area contributed by atoms with Crippen LogP contribution in [0.5, 0.6) is 0 Å². The lowest BCUT2D eigenvalue weighted by Gasteiger charge is -2.20. The normalized spacial score (nSPS) is 13.4. The van der Waals surface area contributed by atoms with Crippen molar-refractivity contribution < 1.29 is 19.1 Å². The first-order valence-electron chi connectivity index (χ1n) is 6.45. The second-order valence-corrected chi connectivity index (χ2v) is 4.77. The first-order valence-corrected chi connectivity index (χ1v) is 6.45. The molecule has 0 aliphatic heterocycles. The molecule has 6 heteroatoms. The van der Waals surface area contributed by atoms with Gasteiger partial charge >= 0.3 is 12.0 Å². The first-order chi connectivity index (χ1) is 9.35. The molecular weight excluding hydrogens is 263 g/mol. The highest BCUT2D eigenvalue weighted by Gasteiger charge is 2.15. The van der Waals surface area contributed by atoms with E-state index in [4.69, 9.17) is 5.11 Å². The summed E-state index contributed by atoms with van der Waals surface area (Å²) in [4.78, 5) is 22.5. The van der Waals surface area contributed by atoms with Crippen molar-refractivity contribution in [1.29, 1.82) is 0 Å². The van der Waals surface area contributed by atoms with Crippen LogP contribution in [0.3, 0.4) is 0 Å². The number of urea groups is 1. The molecule has 110 valence electrons. The Morgan fingerprint density at radius 1 is 1.35 bits per heavy atom. The molecule has 0 radical (unpaired) electrons. The van der Waals surface area contributed by atoms with E-state index in [-0.39, 0.29) is 23.2 Å². The van der Waals surface area contributed by atoms with Crippen LogP contribution in [0.15, 0.2) is 18.2 Å². The Kier molecular flexibility index (Phi) is 5.49. The van der Waals surface area contributed by atoms with Gasteiger partial charge in [0.05, 0.1) is 11.3 Å². The Hall–Kier alpha value is -2.11. The largest absolute Gasteiger partial charge is 0.478 e. The zero-order valence-corrected chi connectivity index (χ0v) is 11.7. The minimum Gasteiger partial charge on any atom is -0.478 e. The summed E-state index contributed by atoms with van der Waals surface area (Å²) >= 11 is 0. The Bertz CT molecular complexity index is 505. The molecule has 1 rings (SSSR count). The van der Waals surface area contributed by atoms with E-state index in [1.54, 1.807) is 0 Å². The van der Waals surface area contributed by atoms with E-state index >= 15 is 0 Å². The fraction of sp³-hybridized carbons (Fsp3) is 0.429. The van der Waals surface area contributed by atoms with Gasteiger partial charge in [-0.1, -0.05) is 20.3 Å². The quantitative estimate of drug-likeness (QED) is 0.776. The zero-order valence-electron chi connectivity index (χ0n) is 11.7. The Balaban J connectivity index is 2.75. The molecule has 5 nitrogen and oxygen atoms in total. The molecule has 0 aromatic heterocycles. The van der Waals surface area contributed by atoms with Crippen molar-refractivity contribution in [2.45, 2.75) is 33.2 Å². The number of carbonyl (C=O) groups excluding carboxylic acids is 1. The van der Waals surface area contributed by atoms with Gasteiger partial charge < -0.3 is 15.7 Å². The summed E-state index contributed by atoms with van der Waals surface area (Å²) in [6.07, 6.45) is 0.907. The molecule has 0 heterocycles. The van der Waals surface area contributed by atoms with Crippen molar-refractivity contribution in [2.24, 2.45) is 5.92 Å². The third-order valence-corrected chi connectivity index (χ3v) is 3.32. The summed E-state index contributed by atoms with van der Waals surface area (Å²) in [6, 6.07) is 2.62. The number of carboxylic acids is 1. The van der Waals surface area contributed by atoms with Gasteiger partial charge in [-0.2, -0.15) is 0 Å². The summed E-state index contributed by atoms with van der Waals surface area (Å²) in [7, 11) is 0. The van der Waals surface area contributed by atoms with Gasteiger partial charge in [0.1, 0.15) is 5.82 Å². The van der Waals surface area contributed by atoms with Gasteiger partial charge in [0.2, 0.25) is 0 Å². The Labute approximate surface area is 117 Å². The topological polar surface area (TPSA) is 78.4 Å². The van der Waals surface area contributed by atoms with Crippen LogP contribution in [-0.2, 0) is 0 Å². The van der Waals surface area contributed by atoms with E-state index in [1.807, 2.05) is 20.8 Å². The second kappa shape index (κ2) is 6.88. The number of carboxylic acid groups (broad SMARTS) is 1. The molecule has 0 aliphatic carbocycles. The molecule has 0 aliphatic rings. The molecule has 2 amide bonds. The monoisotopic (exact) mass is 282 g/mol. The molecule has 0 saturated heterocycles. The molecule has 3 N–H and O–H groups in total. The van der Waals surface area contributed by atoms with Gasteiger partial charge in [-0.3, -0.25) is 0 Å². The minimum absolute atomic E-state index is 0.0642. The van der Waals surface area contributed by atoms with Crippen molar-refractivity contribution in [3.8, 4) is 0 Å². The van der Waals surface area contributed by atoms with Gasteiger partial charge in [-0.05, 0) is 31.0 Å². The van der Waals surface area contributed by atoms with Crippen LogP contribution in [0.2, 0.25) is 0 Å². The summed E-state index contributed by atoms with van der Waals surface area (Å²) in [5, 5.41) is 13.9. The number of amides is 2. The van der Waals surface area contributed by atoms with Crippen LogP contribution >= 0.6 is 0 Å². The minimum atomic E-state index is -1.18. The van der Waals surface area contributed by atoms with Crippen molar-refractivity contribution in [1.82, 2.24) is 5.32 Å². The lowest BCUT2D eigenvalue weighted by molar-refractivity contribution is 0.0697. The van der Waals surface area contributed by atoms with E-state index in [0.717, 1.165) is 24.6 Å². The summed E-state index contributed by atoms with van der Waals surface area (Å²) in [6.45, 7) is 5.87. The van der Waals surface area contributed by atoms with E-state index in [0.29, 0.717) is 0 Å². The van der Waals surface area contributed by atoms with Crippen LogP contribution in [0.25, 0.3) is 0 Å². The molecule has 20 heavy (non-hydrogen) atoms. The van der Waals surface area contributed by atoms with Crippen LogP contribution in [0.4, 0.5) is 14.9 Å². The number of hydrogen-bond acceptors (Lipinski definition) is 2. The molecule has 0 fully saturated rings. The summed E-state index contributed by atoms with van der Waals surface area (Å²) in [5.74, 6) is -1.57. The van der Waals surface area contributed by atoms with Crippen molar-refractivity contribution in [3.63, 3.8) is 0 Å². The maximum atomic E-state index is 13.5. The van der Waals surface area contributed by atoms with Crippen molar-refractivity contribution >= 4 is 17.7 Å². The van der Waals surface area contributed by atoms with Crippen molar-refractivity contribution in [3.05, 3.63) is 29.6 Å². The predicted molar refractivity (Wildman–Crippen MR) is 74.4 cm³/mol. The highest BCUT2D eigenvalue weighted by molar-refractivity contribution is 5.93. The number of halogens is 1. The highest BCUT2D eigenvalue weighted by atomic mass is 19.1. The number of carbonyl (C=O) groups is 2. The zero-order chi connectivity index (χ0) is 15.3. The number of aromatic carboxylic acids is 1. The molecular formula is C14H19FN2O3. The van der Waals surface area contributed by atoms with Crippen LogP contribution < -0.4 is 10.6 Å². The number of anilines is 1. The SMILES string of the molecule is CCC(C)C(C)NC(=O)Nc1cc(C(=O)O)ccc1F. The fourth-order valence-electron chi connectivity index (χ4n) is 1.62. The Morgan fingerprint density at radius 2 is 2.00 bits per heavy atom. The third kappa shape index (κ3) is 4.22. The lowest BCUT2D eigenvalue weighted by Crippen LogP contribution is -2.39. The smallest absolute Gasteiger partial charge is 0.335 e. The number of rotatable bonds is 5. The lowest BCUT2D eigenvalue weighted by atomic mass is 10.0. The summed E-state index contributed by atoms with van der Waals surface area (Å²) in [5.41, 5.74) is -0.240. The molecule has 0 spiro atoms. The highest BCUT2D eigenvalue weighted by Crippen LogP contribution is 2.16. The molecule has 0 saturated carbocycles. The van der Waals surface area contributed by atoms with E-state index < -0.39 is 17.8 Å². The van der Waals surface area contributed by atoms with Crippen LogP contribution in [0.1, 0.15) is 37.6 Å². The summed E-state index contributed by atoms with van der Waals surface area (Å²) < 4.78 is 13.5. The van der Waals surface area contributed by atoms with Gasteiger partial charge in [-0.15, -0.1) is 0 Å². The maximum Gasteiger partial charge on any atom is 0.335 e. The fourth-order valence-corrected chi connectivity index (χ4v) is 1.62. The van der Waals surface area contributed by atoms with Gasteiger partial charge in [0.25, 0.3) is 0 Å². The van der Waals surface area contributed by atoms with Crippen molar-refractivity contribution in [2.75, 3.05) is 5.32 Å². The average molecular weight is 282 g/mol. The molecule has 2 atom stereocenters. The van der Waals surface area contributed by atoms with Crippen LogP contribution in [0, 0.1) is 11.7 Å². The molecule has 2 unspecified atom stereocenters. The number of nitrogens with one attached hydrogen (secondary N) is 2. The second-order valence-electron chi connectivity index (χ2n) is 4.77. The Morgan fingerprint density at radius 3 is 2.55 bits per heavy atom. The standard InChI is InChI=1S/C14H19FN2O3/c1-4-8(2)9(3)16-14(20)17-12-7-10(13(18)19)5-6-11(12)15/h5-9H,4H2,1-3H3,(H,18,19)(H2,16,17,20). The van der Waals surface area contributed by atoms with E-state index in [9.17, 15) is 14.0 Å². The van der Waals surface area contributed by atoms with Gasteiger partial charge in [-0.25, -0.2) is 14.0 Å². The number of benzene rings is 1. The molecule has 0 bridgehead atoms. The molecule has 1 aromatic carbocycles. The third-order valence-electron chi connectivity index (χ3n) is 3.32. The maximum absolute atomic E-state index is 13.5. The van der Waals surface area contributed by atoms with Gasteiger partial charge in [0.15, 0.2) is 0 Å². The van der Waals surface area contributed by atoms with Crippen LogP contribution in [-0.4, -0.2) is 23.1 Å². The first kappa shape index (κ1) is 15.9. The molecule has 1 aromatic rings. The van der Waals surface area contributed by atoms with E-state index in [1.165, 1.54) is 0 Å².